The van der Waals surface area contributed by atoms with E-state index in [0.29, 0.717) is 5.69 Å². The Hall–Kier alpha value is -3.48. The van der Waals surface area contributed by atoms with Crippen LogP contribution in [0, 0.1) is 10.1 Å². The molecule has 7 nitrogen and oxygen atoms in total. The predicted molar refractivity (Wildman–Crippen MR) is 102 cm³/mol. The van der Waals surface area contributed by atoms with Gasteiger partial charge in [-0.25, -0.2) is 4.79 Å². The summed E-state index contributed by atoms with van der Waals surface area (Å²) in [6, 6.07) is 13.4. The SMILES string of the molecule is CCc1ccc(NC(=O)[C@H](C)OC(=O)/C=C/c2ccccc2[N+](=O)[O-])cc1. The second-order valence-corrected chi connectivity index (χ2v) is 5.77. The summed E-state index contributed by atoms with van der Waals surface area (Å²) in [5.74, 6) is -1.23. The molecule has 140 valence electrons. The minimum absolute atomic E-state index is 0.122. The van der Waals surface area contributed by atoms with Crippen LogP contribution in [0.2, 0.25) is 0 Å². The number of aryl methyl sites for hydroxylation is 1. The van der Waals surface area contributed by atoms with Gasteiger partial charge in [-0.15, -0.1) is 0 Å². The molecule has 0 aliphatic carbocycles. The van der Waals surface area contributed by atoms with Gasteiger partial charge in [0.2, 0.25) is 0 Å². The Labute approximate surface area is 156 Å². The third-order valence-corrected chi connectivity index (χ3v) is 3.82. The molecule has 2 aromatic rings. The highest BCUT2D eigenvalue weighted by molar-refractivity contribution is 5.96. The number of nitro benzene ring substituents is 1. The fraction of sp³-hybridized carbons (Fsp3) is 0.200. The molecule has 7 heteroatoms. The van der Waals surface area contributed by atoms with Gasteiger partial charge in [-0.3, -0.25) is 14.9 Å². The average Bonchev–Trinajstić information content (AvgIpc) is 2.67. The summed E-state index contributed by atoms with van der Waals surface area (Å²) >= 11 is 0. The zero-order valence-corrected chi connectivity index (χ0v) is 15.0. The van der Waals surface area contributed by atoms with Crippen molar-refractivity contribution in [2.45, 2.75) is 26.4 Å². The first kappa shape index (κ1) is 19.8. The monoisotopic (exact) mass is 368 g/mol. The van der Waals surface area contributed by atoms with Gasteiger partial charge in [0.25, 0.3) is 11.6 Å². The fourth-order valence-electron chi connectivity index (χ4n) is 2.29. The van der Waals surface area contributed by atoms with Gasteiger partial charge in [-0.2, -0.15) is 0 Å². The number of nitrogens with zero attached hydrogens (tertiary/aromatic N) is 1. The van der Waals surface area contributed by atoms with E-state index in [-0.39, 0.29) is 11.3 Å². The van der Waals surface area contributed by atoms with Gasteiger partial charge in [0.15, 0.2) is 6.10 Å². The second-order valence-electron chi connectivity index (χ2n) is 5.77. The molecule has 0 heterocycles. The Morgan fingerprint density at radius 3 is 2.48 bits per heavy atom. The number of anilines is 1. The molecule has 0 saturated heterocycles. The Bertz CT molecular complexity index is 859. The first-order valence-corrected chi connectivity index (χ1v) is 8.42. The molecule has 0 unspecified atom stereocenters. The number of ether oxygens (including phenoxy) is 1. The topological polar surface area (TPSA) is 98.5 Å². The molecule has 27 heavy (non-hydrogen) atoms. The van der Waals surface area contributed by atoms with Crippen LogP contribution in [0.4, 0.5) is 11.4 Å². The molecule has 0 bridgehead atoms. The number of carbonyl (C=O) groups is 2. The maximum Gasteiger partial charge on any atom is 0.331 e. The van der Waals surface area contributed by atoms with Gasteiger partial charge in [-0.05, 0) is 43.2 Å². The Morgan fingerprint density at radius 2 is 1.85 bits per heavy atom. The number of para-hydroxylation sites is 1. The molecule has 0 fully saturated rings. The number of carbonyl (C=O) groups excluding carboxylic acids is 2. The summed E-state index contributed by atoms with van der Waals surface area (Å²) in [5, 5.41) is 13.6. The number of benzene rings is 2. The van der Waals surface area contributed by atoms with Crippen LogP contribution in [0.25, 0.3) is 6.08 Å². The van der Waals surface area contributed by atoms with Crippen molar-refractivity contribution in [2.75, 3.05) is 5.32 Å². The molecule has 2 rings (SSSR count). The van der Waals surface area contributed by atoms with Crippen molar-refractivity contribution < 1.29 is 19.2 Å². The van der Waals surface area contributed by atoms with E-state index in [1.807, 2.05) is 19.1 Å². The second kappa shape index (κ2) is 9.28. The van der Waals surface area contributed by atoms with Crippen molar-refractivity contribution in [3.8, 4) is 0 Å². The molecule has 0 aliphatic heterocycles. The van der Waals surface area contributed by atoms with Crippen LogP contribution in [0.1, 0.15) is 25.0 Å². The fourth-order valence-corrected chi connectivity index (χ4v) is 2.29. The van der Waals surface area contributed by atoms with Gasteiger partial charge in [-0.1, -0.05) is 31.2 Å². The van der Waals surface area contributed by atoms with Crippen LogP contribution in [0.3, 0.4) is 0 Å². The average molecular weight is 368 g/mol. The number of esters is 1. The van der Waals surface area contributed by atoms with Gasteiger partial charge in [0.05, 0.1) is 10.5 Å². The van der Waals surface area contributed by atoms with Crippen LogP contribution in [-0.2, 0) is 20.7 Å². The summed E-state index contributed by atoms with van der Waals surface area (Å²) in [6.45, 7) is 3.49. The first-order chi connectivity index (χ1) is 12.9. The van der Waals surface area contributed by atoms with Crippen LogP contribution < -0.4 is 5.32 Å². The normalized spacial score (nSPS) is 11.8. The lowest BCUT2D eigenvalue weighted by Crippen LogP contribution is -2.29. The quantitative estimate of drug-likeness (QED) is 0.347. The van der Waals surface area contributed by atoms with Crippen molar-refractivity contribution >= 4 is 29.3 Å². The number of rotatable bonds is 7. The predicted octanol–water partition coefficient (Wildman–Crippen LogP) is 3.74. The summed E-state index contributed by atoms with van der Waals surface area (Å²) in [4.78, 5) is 34.4. The maximum absolute atomic E-state index is 12.1. The van der Waals surface area contributed by atoms with Crippen LogP contribution in [-0.4, -0.2) is 22.9 Å². The molecule has 1 atom stereocenters. The summed E-state index contributed by atoms with van der Waals surface area (Å²) in [6.07, 6.45) is 2.23. The Balaban J connectivity index is 1.94. The largest absolute Gasteiger partial charge is 0.449 e. The highest BCUT2D eigenvalue weighted by atomic mass is 16.6. The van der Waals surface area contributed by atoms with E-state index >= 15 is 0 Å². The van der Waals surface area contributed by atoms with E-state index in [4.69, 9.17) is 4.74 Å². The lowest BCUT2D eigenvalue weighted by atomic mass is 10.1. The van der Waals surface area contributed by atoms with Gasteiger partial charge >= 0.3 is 5.97 Å². The summed E-state index contributed by atoms with van der Waals surface area (Å²) in [5.41, 5.74) is 1.90. The molecule has 2 aromatic carbocycles. The molecule has 0 aliphatic rings. The standard InChI is InChI=1S/C20H20N2O5/c1-3-15-8-11-17(12-9-15)21-20(24)14(2)27-19(23)13-10-16-6-4-5-7-18(16)22(25)26/h4-14H,3H2,1-2H3,(H,21,24)/b13-10+/t14-/m0/s1. The molecule has 1 amide bonds. The zero-order chi connectivity index (χ0) is 19.8. The van der Waals surface area contributed by atoms with Crippen molar-refractivity contribution in [1.82, 2.24) is 0 Å². The summed E-state index contributed by atoms with van der Waals surface area (Å²) in [7, 11) is 0. The summed E-state index contributed by atoms with van der Waals surface area (Å²) < 4.78 is 5.04. The molecule has 0 aromatic heterocycles. The smallest absolute Gasteiger partial charge is 0.331 e. The minimum Gasteiger partial charge on any atom is -0.449 e. The maximum atomic E-state index is 12.1. The van der Waals surface area contributed by atoms with E-state index in [1.54, 1.807) is 18.2 Å². The third kappa shape index (κ3) is 5.78. The van der Waals surface area contributed by atoms with Crippen LogP contribution in [0.5, 0.6) is 0 Å². The Kier molecular flexibility index (Phi) is 6.82. The van der Waals surface area contributed by atoms with Crippen LogP contribution in [0.15, 0.2) is 54.6 Å². The minimum atomic E-state index is -1.02. The van der Waals surface area contributed by atoms with Crippen molar-refractivity contribution in [2.24, 2.45) is 0 Å². The third-order valence-electron chi connectivity index (χ3n) is 3.82. The molecular formula is C20H20N2O5. The van der Waals surface area contributed by atoms with E-state index in [9.17, 15) is 19.7 Å². The van der Waals surface area contributed by atoms with Crippen molar-refractivity contribution in [3.05, 3.63) is 75.8 Å². The van der Waals surface area contributed by atoms with Crippen LogP contribution >= 0.6 is 0 Å². The van der Waals surface area contributed by atoms with E-state index in [1.165, 1.54) is 31.2 Å². The van der Waals surface area contributed by atoms with Gasteiger partial charge in [0, 0.05) is 17.8 Å². The molecular weight excluding hydrogens is 348 g/mol. The lowest BCUT2D eigenvalue weighted by molar-refractivity contribution is -0.385. The van der Waals surface area contributed by atoms with E-state index in [2.05, 4.69) is 5.32 Å². The number of hydrogen-bond donors (Lipinski definition) is 1. The van der Waals surface area contributed by atoms with Crippen molar-refractivity contribution in [1.29, 1.82) is 0 Å². The van der Waals surface area contributed by atoms with E-state index < -0.39 is 22.9 Å². The highest BCUT2D eigenvalue weighted by Gasteiger charge is 2.17. The number of nitro groups is 1. The lowest BCUT2D eigenvalue weighted by Gasteiger charge is -2.12. The van der Waals surface area contributed by atoms with Crippen molar-refractivity contribution in [3.63, 3.8) is 0 Å². The molecule has 0 spiro atoms. The molecule has 1 N–H and O–H groups in total. The molecule has 0 saturated carbocycles. The molecule has 0 radical (unpaired) electrons. The number of hydrogen-bond acceptors (Lipinski definition) is 5. The Morgan fingerprint density at radius 1 is 1.19 bits per heavy atom. The zero-order valence-electron chi connectivity index (χ0n) is 15.0. The van der Waals surface area contributed by atoms with E-state index in [0.717, 1.165) is 18.1 Å². The number of amides is 1. The number of nitrogens with one attached hydrogen (secondary N) is 1. The highest BCUT2D eigenvalue weighted by Crippen LogP contribution is 2.19. The van der Waals surface area contributed by atoms with Gasteiger partial charge in [0.1, 0.15) is 0 Å². The first-order valence-electron chi connectivity index (χ1n) is 8.42. The van der Waals surface area contributed by atoms with Gasteiger partial charge < -0.3 is 10.1 Å².